The summed E-state index contributed by atoms with van der Waals surface area (Å²) in [6, 6.07) is 18.7. The number of fused-ring (bicyclic) bond motifs is 2. The largest absolute Gasteiger partial charge is 0.454 e. The molecule has 41 heavy (non-hydrogen) atoms. The lowest BCUT2D eigenvalue weighted by Crippen LogP contribution is -2.27. The zero-order valence-corrected chi connectivity index (χ0v) is 22.5. The maximum atomic E-state index is 13.3. The van der Waals surface area contributed by atoms with Gasteiger partial charge in [-0.15, -0.1) is 0 Å². The normalized spacial score (nSPS) is 15.2. The number of nitrogens with one attached hydrogen (secondary N) is 1. The fraction of sp³-hybridized carbons (Fsp3) is 0.138. The first kappa shape index (κ1) is 26.1. The molecule has 1 N–H and O–H groups in total. The Hall–Kier alpha value is -5.10. The first-order chi connectivity index (χ1) is 19.8. The van der Waals surface area contributed by atoms with Crippen LogP contribution in [0.3, 0.4) is 0 Å². The number of nitro groups is 1. The molecule has 0 spiro atoms. The molecule has 11 nitrogen and oxygen atoms in total. The highest BCUT2D eigenvalue weighted by Gasteiger charge is 2.36. The first-order valence-corrected chi connectivity index (χ1v) is 13.4. The summed E-state index contributed by atoms with van der Waals surface area (Å²) in [6.45, 7) is 1.78. The average molecular weight is 571 g/mol. The number of rotatable bonds is 7. The van der Waals surface area contributed by atoms with Gasteiger partial charge in [0.25, 0.3) is 16.8 Å². The SMILES string of the molecule is Cc1c(/C=C2\SC(=O)N(Cc3ccccc3[N+](=O)[O-])C2=O)c2ccccc2n1CC(=O)Nc1ccc2c(c1)OCO2. The van der Waals surface area contributed by atoms with Gasteiger partial charge in [-0.2, -0.15) is 0 Å². The lowest BCUT2D eigenvalue weighted by Gasteiger charge is -2.12. The number of nitro benzene ring substituents is 1. The minimum absolute atomic E-state index is 0.00772. The van der Waals surface area contributed by atoms with Gasteiger partial charge in [0.1, 0.15) is 6.54 Å². The van der Waals surface area contributed by atoms with Gasteiger partial charge < -0.3 is 19.4 Å². The third kappa shape index (κ3) is 4.89. The molecule has 4 aromatic rings. The quantitative estimate of drug-likeness (QED) is 0.176. The number of para-hydroxylation sites is 2. The van der Waals surface area contributed by atoms with Gasteiger partial charge in [0, 0.05) is 45.5 Å². The Bertz CT molecular complexity index is 1800. The van der Waals surface area contributed by atoms with Crippen molar-refractivity contribution in [3.8, 4) is 11.5 Å². The molecule has 0 atom stereocenters. The molecule has 3 amide bonds. The molecular weight excluding hydrogens is 548 g/mol. The Balaban J connectivity index is 1.27. The number of imide groups is 1. The molecule has 2 aliphatic rings. The molecule has 206 valence electrons. The Morgan fingerprint density at radius 3 is 2.66 bits per heavy atom. The Morgan fingerprint density at radius 1 is 1.07 bits per heavy atom. The lowest BCUT2D eigenvalue weighted by molar-refractivity contribution is -0.385. The highest BCUT2D eigenvalue weighted by atomic mass is 32.2. The zero-order valence-electron chi connectivity index (χ0n) is 21.7. The number of anilines is 1. The fourth-order valence-electron chi connectivity index (χ4n) is 4.92. The third-order valence-electron chi connectivity index (χ3n) is 6.90. The van der Waals surface area contributed by atoms with Crippen molar-refractivity contribution < 1.29 is 28.8 Å². The van der Waals surface area contributed by atoms with Crippen molar-refractivity contribution in [3.05, 3.63) is 98.6 Å². The van der Waals surface area contributed by atoms with Crippen LogP contribution in [0.15, 0.2) is 71.6 Å². The van der Waals surface area contributed by atoms with E-state index in [-0.39, 0.29) is 41.9 Å². The van der Waals surface area contributed by atoms with Crippen LogP contribution in [-0.2, 0) is 22.7 Å². The number of carbonyl (C=O) groups is 3. The van der Waals surface area contributed by atoms with E-state index in [1.165, 1.54) is 18.2 Å². The van der Waals surface area contributed by atoms with Crippen LogP contribution >= 0.6 is 11.8 Å². The van der Waals surface area contributed by atoms with Crippen molar-refractivity contribution in [2.24, 2.45) is 0 Å². The molecule has 0 aliphatic carbocycles. The zero-order chi connectivity index (χ0) is 28.7. The van der Waals surface area contributed by atoms with Gasteiger partial charge in [-0.3, -0.25) is 29.4 Å². The topological polar surface area (TPSA) is 133 Å². The predicted molar refractivity (Wildman–Crippen MR) is 152 cm³/mol. The molecule has 1 fully saturated rings. The lowest BCUT2D eigenvalue weighted by atomic mass is 10.1. The van der Waals surface area contributed by atoms with Gasteiger partial charge in [0.05, 0.1) is 16.4 Å². The summed E-state index contributed by atoms with van der Waals surface area (Å²) in [7, 11) is 0. The van der Waals surface area contributed by atoms with Crippen molar-refractivity contribution >= 4 is 57.2 Å². The van der Waals surface area contributed by atoms with Crippen LogP contribution < -0.4 is 14.8 Å². The molecule has 12 heteroatoms. The maximum absolute atomic E-state index is 13.3. The van der Waals surface area contributed by atoms with E-state index >= 15 is 0 Å². The van der Waals surface area contributed by atoms with Crippen molar-refractivity contribution in [2.75, 3.05) is 12.1 Å². The van der Waals surface area contributed by atoms with E-state index in [2.05, 4.69) is 5.32 Å². The van der Waals surface area contributed by atoms with E-state index in [0.29, 0.717) is 22.7 Å². The van der Waals surface area contributed by atoms with Gasteiger partial charge >= 0.3 is 0 Å². The number of aromatic nitrogens is 1. The number of carbonyl (C=O) groups excluding carboxylic acids is 3. The minimum Gasteiger partial charge on any atom is -0.454 e. The number of thioether (sulfide) groups is 1. The standard InChI is InChI=1S/C29H22N4O7S/c1-17-21(13-26-28(35)32(29(36)41-26)14-18-6-2-4-8-22(18)33(37)38)20-7-3-5-9-23(20)31(17)15-27(34)30-19-10-11-24-25(12-19)40-16-39-24/h2-13H,14-16H2,1H3,(H,30,34)/b26-13-. The van der Waals surface area contributed by atoms with Crippen molar-refractivity contribution in [2.45, 2.75) is 20.0 Å². The Labute approximate surface area is 237 Å². The van der Waals surface area contributed by atoms with E-state index in [4.69, 9.17) is 9.47 Å². The monoisotopic (exact) mass is 570 g/mol. The fourth-order valence-corrected chi connectivity index (χ4v) is 5.74. The van der Waals surface area contributed by atoms with E-state index in [0.717, 1.165) is 33.3 Å². The number of hydrogen-bond acceptors (Lipinski definition) is 8. The highest BCUT2D eigenvalue weighted by Crippen LogP contribution is 2.37. The maximum Gasteiger partial charge on any atom is 0.293 e. The Morgan fingerprint density at radius 2 is 1.83 bits per heavy atom. The summed E-state index contributed by atoms with van der Waals surface area (Å²) >= 11 is 0.780. The molecule has 2 aliphatic heterocycles. The van der Waals surface area contributed by atoms with Gasteiger partial charge in [0.15, 0.2) is 11.5 Å². The number of hydrogen-bond donors (Lipinski definition) is 1. The van der Waals surface area contributed by atoms with Gasteiger partial charge in [-0.1, -0.05) is 36.4 Å². The molecule has 1 saturated heterocycles. The second kappa shape index (κ2) is 10.5. The van der Waals surface area contributed by atoms with Crippen LogP contribution in [0.5, 0.6) is 11.5 Å². The smallest absolute Gasteiger partial charge is 0.293 e. The molecule has 0 unspecified atom stereocenters. The second-order valence-electron chi connectivity index (χ2n) is 9.37. The van der Waals surface area contributed by atoms with E-state index < -0.39 is 16.1 Å². The first-order valence-electron chi connectivity index (χ1n) is 12.5. The summed E-state index contributed by atoms with van der Waals surface area (Å²) in [6.07, 6.45) is 1.65. The van der Waals surface area contributed by atoms with Crippen molar-refractivity contribution in [1.29, 1.82) is 0 Å². The number of benzene rings is 3. The minimum atomic E-state index is -0.537. The molecule has 1 aromatic heterocycles. The molecule has 3 heterocycles. The van der Waals surface area contributed by atoms with Crippen LogP contribution in [0.2, 0.25) is 0 Å². The third-order valence-corrected chi connectivity index (χ3v) is 7.81. The number of nitrogens with zero attached hydrogens (tertiary/aromatic N) is 3. The van der Waals surface area contributed by atoms with Gasteiger partial charge in [0.2, 0.25) is 12.7 Å². The van der Waals surface area contributed by atoms with E-state index in [9.17, 15) is 24.5 Å². The molecule has 3 aromatic carbocycles. The van der Waals surface area contributed by atoms with Crippen molar-refractivity contribution in [3.63, 3.8) is 0 Å². The summed E-state index contributed by atoms with van der Waals surface area (Å²) in [5.41, 5.74) is 2.90. The van der Waals surface area contributed by atoms with Crippen LogP contribution in [0, 0.1) is 17.0 Å². The summed E-state index contributed by atoms with van der Waals surface area (Å²) < 4.78 is 12.6. The highest BCUT2D eigenvalue weighted by molar-refractivity contribution is 8.18. The molecule has 0 saturated carbocycles. The molecule has 0 bridgehead atoms. The van der Waals surface area contributed by atoms with Crippen LogP contribution in [0.4, 0.5) is 16.2 Å². The molecule has 6 rings (SSSR count). The molecular formula is C29H22N4O7S. The summed E-state index contributed by atoms with van der Waals surface area (Å²) in [5.74, 6) is 0.383. The van der Waals surface area contributed by atoms with Crippen LogP contribution in [-0.4, -0.2) is 38.2 Å². The Kier molecular flexibility index (Phi) is 6.67. The van der Waals surface area contributed by atoms with Crippen LogP contribution in [0.1, 0.15) is 16.8 Å². The number of amides is 3. The summed E-state index contributed by atoms with van der Waals surface area (Å²) in [5, 5.41) is 14.6. The van der Waals surface area contributed by atoms with Crippen LogP contribution in [0.25, 0.3) is 17.0 Å². The van der Waals surface area contributed by atoms with E-state index in [1.807, 2.05) is 35.8 Å². The molecule has 0 radical (unpaired) electrons. The van der Waals surface area contributed by atoms with Crippen molar-refractivity contribution in [1.82, 2.24) is 9.47 Å². The van der Waals surface area contributed by atoms with Gasteiger partial charge in [-0.25, -0.2) is 0 Å². The predicted octanol–water partition coefficient (Wildman–Crippen LogP) is 5.46. The number of ether oxygens (including phenoxy) is 2. The summed E-state index contributed by atoms with van der Waals surface area (Å²) in [4.78, 5) is 51.2. The average Bonchev–Trinajstić information content (AvgIpc) is 3.61. The van der Waals surface area contributed by atoms with Gasteiger partial charge in [-0.05, 0) is 43.0 Å². The second-order valence-corrected chi connectivity index (χ2v) is 10.4. The van der Waals surface area contributed by atoms with E-state index in [1.54, 1.807) is 30.3 Å².